The minimum atomic E-state index is -0.791. The Hall–Kier alpha value is -3.36. The van der Waals surface area contributed by atoms with Gasteiger partial charge in [-0.2, -0.15) is 5.10 Å². The number of carbonyl (C=O) groups is 1. The predicted molar refractivity (Wildman–Crippen MR) is 82.1 cm³/mol. The highest BCUT2D eigenvalue weighted by atomic mass is 19.1. The van der Waals surface area contributed by atoms with Crippen LogP contribution in [0.3, 0.4) is 0 Å². The first-order valence-electron chi connectivity index (χ1n) is 7.02. The zero-order valence-electron chi connectivity index (χ0n) is 12.6. The maximum absolute atomic E-state index is 12.9. The summed E-state index contributed by atoms with van der Waals surface area (Å²) in [6.07, 6.45) is 3.37. The van der Waals surface area contributed by atoms with Gasteiger partial charge in [0.1, 0.15) is 36.4 Å². The van der Waals surface area contributed by atoms with Crippen LogP contribution in [0, 0.1) is 5.82 Å². The summed E-state index contributed by atoms with van der Waals surface area (Å²) in [5, 5.41) is 6.58. The number of hydrogen-bond donors (Lipinski definition) is 1. The molecule has 3 aromatic rings. The van der Waals surface area contributed by atoms with Gasteiger partial charge in [0, 0.05) is 6.07 Å². The summed E-state index contributed by atoms with van der Waals surface area (Å²) in [6.45, 7) is 1.58. The molecular formula is C15H13FN6O2. The van der Waals surface area contributed by atoms with E-state index in [0.717, 1.165) is 0 Å². The third-order valence-electron chi connectivity index (χ3n) is 3.05. The van der Waals surface area contributed by atoms with Crippen LogP contribution in [0.4, 0.5) is 10.2 Å². The van der Waals surface area contributed by atoms with Crippen molar-refractivity contribution in [2.24, 2.45) is 0 Å². The van der Waals surface area contributed by atoms with Crippen molar-refractivity contribution in [1.29, 1.82) is 0 Å². The van der Waals surface area contributed by atoms with Crippen LogP contribution >= 0.6 is 0 Å². The Bertz CT molecular complexity index is 822. The van der Waals surface area contributed by atoms with Crippen molar-refractivity contribution in [3.8, 4) is 11.6 Å². The lowest BCUT2D eigenvalue weighted by Gasteiger charge is -2.14. The van der Waals surface area contributed by atoms with Crippen molar-refractivity contribution in [2.75, 3.05) is 5.32 Å². The third kappa shape index (κ3) is 3.69. The monoisotopic (exact) mass is 328 g/mol. The summed E-state index contributed by atoms with van der Waals surface area (Å²) >= 11 is 0. The maximum atomic E-state index is 12.9. The van der Waals surface area contributed by atoms with Crippen LogP contribution in [-0.2, 0) is 4.79 Å². The molecular weight excluding hydrogens is 315 g/mol. The number of hydrogen-bond acceptors (Lipinski definition) is 6. The summed E-state index contributed by atoms with van der Waals surface area (Å²) in [4.78, 5) is 24.0. The number of nitrogens with zero attached hydrogens (tertiary/aromatic N) is 5. The first-order valence-corrected chi connectivity index (χ1v) is 7.02. The van der Waals surface area contributed by atoms with Gasteiger partial charge in [0.15, 0.2) is 11.9 Å². The van der Waals surface area contributed by atoms with Gasteiger partial charge in [-0.3, -0.25) is 4.79 Å². The van der Waals surface area contributed by atoms with Crippen molar-refractivity contribution in [2.45, 2.75) is 13.0 Å². The van der Waals surface area contributed by atoms with Crippen LogP contribution in [0.5, 0.6) is 5.75 Å². The smallest absolute Gasteiger partial charge is 0.266 e. The number of nitrogens with one attached hydrogen (secondary N) is 1. The highest BCUT2D eigenvalue weighted by molar-refractivity contribution is 5.93. The van der Waals surface area contributed by atoms with E-state index in [1.54, 1.807) is 13.0 Å². The Morgan fingerprint density at radius 1 is 1.25 bits per heavy atom. The van der Waals surface area contributed by atoms with Crippen LogP contribution in [0.1, 0.15) is 6.92 Å². The molecule has 0 bridgehead atoms. The summed E-state index contributed by atoms with van der Waals surface area (Å²) in [5.74, 6) is 0.383. The highest BCUT2D eigenvalue weighted by Crippen LogP contribution is 2.14. The lowest BCUT2D eigenvalue weighted by atomic mass is 10.3. The first kappa shape index (κ1) is 15.5. The van der Waals surface area contributed by atoms with Crippen LogP contribution in [0.25, 0.3) is 5.82 Å². The number of benzene rings is 1. The fourth-order valence-electron chi connectivity index (χ4n) is 1.87. The van der Waals surface area contributed by atoms with Gasteiger partial charge >= 0.3 is 0 Å². The van der Waals surface area contributed by atoms with Crippen molar-refractivity contribution >= 4 is 11.7 Å². The first-order chi connectivity index (χ1) is 11.6. The summed E-state index contributed by atoms with van der Waals surface area (Å²) in [5.41, 5.74) is 0. The molecule has 3 rings (SSSR count). The average Bonchev–Trinajstić information content (AvgIpc) is 3.12. The topological polar surface area (TPSA) is 94.8 Å². The molecule has 1 atom stereocenters. The average molecular weight is 328 g/mol. The van der Waals surface area contributed by atoms with E-state index in [4.69, 9.17) is 4.74 Å². The summed E-state index contributed by atoms with van der Waals surface area (Å²) in [6, 6.07) is 6.97. The lowest BCUT2D eigenvalue weighted by Crippen LogP contribution is -2.30. The summed E-state index contributed by atoms with van der Waals surface area (Å²) < 4.78 is 19.8. The standard InChI is InChI=1S/C15H13FN6O2/c1-10(24-12-4-2-11(16)3-5-12)15(23)21-13-6-14(19-8-18-13)22-9-17-7-20-22/h2-10H,1H3,(H,18,19,21,23). The van der Waals surface area contributed by atoms with E-state index in [-0.39, 0.29) is 5.82 Å². The van der Waals surface area contributed by atoms with E-state index in [1.165, 1.54) is 47.9 Å². The molecule has 1 amide bonds. The number of amides is 1. The summed E-state index contributed by atoms with van der Waals surface area (Å²) in [7, 11) is 0. The molecule has 0 saturated carbocycles. The van der Waals surface area contributed by atoms with Crippen LogP contribution in [0.2, 0.25) is 0 Å². The minimum absolute atomic E-state index is 0.301. The molecule has 1 unspecified atom stereocenters. The fourth-order valence-corrected chi connectivity index (χ4v) is 1.87. The number of anilines is 1. The molecule has 0 saturated heterocycles. The SMILES string of the molecule is CC(Oc1ccc(F)cc1)C(=O)Nc1cc(-n2cncn2)ncn1. The zero-order valence-corrected chi connectivity index (χ0v) is 12.6. The normalized spacial score (nSPS) is 11.8. The Morgan fingerprint density at radius 3 is 2.75 bits per heavy atom. The number of rotatable bonds is 5. The molecule has 1 N–H and O–H groups in total. The minimum Gasteiger partial charge on any atom is -0.481 e. The van der Waals surface area contributed by atoms with Gasteiger partial charge in [0.2, 0.25) is 0 Å². The van der Waals surface area contributed by atoms with Gasteiger partial charge in [-0.15, -0.1) is 0 Å². The molecule has 122 valence electrons. The predicted octanol–water partition coefficient (Wildman–Crippen LogP) is 1.60. The quantitative estimate of drug-likeness (QED) is 0.764. The second-order valence-corrected chi connectivity index (χ2v) is 4.80. The Kier molecular flexibility index (Phi) is 4.41. The molecule has 2 aromatic heterocycles. The molecule has 0 radical (unpaired) electrons. The molecule has 2 heterocycles. The molecule has 0 aliphatic rings. The number of carbonyl (C=O) groups excluding carboxylic acids is 1. The van der Waals surface area contributed by atoms with Crippen LogP contribution in [0.15, 0.2) is 49.3 Å². The van der Waals surface area contributed by atoms with Crippen molar-refractivity contribution in [1.82, 2.24) is 24.7 Å². The van der Waals surface area contributed by atoms with Gasteiger partial charge in [-0.25, -0.2) is 24.0 Å². The van der Waals surface area contributed by atoms with Crippen molar-refractivity contribution in [3.05, 3.63) is 55.1 Å². The zero-order chi connectivity index (χ0) is 16.9. The van der Waals surface area contributed by atoms with E-state index in [1.807, 2.05) is 0 Å². The van der Waals surface area contributed by atoms with Gasteiger partial charge < -0.3 is 10.1 Å². The fraction of sp³-hybridized carbons (Fsp3) is 0.133. The Labute approximate surface area is 136 Å². The molecule has 0 aliphatic carbocycles. The number of ether oxygens (including phenoxy) is 1. The van der Waals surface area contributed by atoms with Gasteiger partial charge in [0.25, 0.3) is 5.91 Å². The van der Waals surface area contributed by atoms with Gasteiger partial charge in [-0.1, -0.05) is 0 Å². The molecule has 0 fully saturated rings. The molecule has 0 aliphatic heterocycles. The van der Waals surface area contributed by atoms with Gasteiger partial charge in [0.05, 0.1) is 0 Å². The number of halogens is 1. The second-order valence-electron chi connectivity index (χ2n) is 4.80. The molecule has 0 spiro atoms. The highest BCUT2D eigenvalue weighted by Gasteiger charge is 2.16. The van der Waals surface area contributed by atoms with Crippen molar-refractivity contribution < 1.29 is 13.9 Å². The largest absolute Gasteiger partial charge is 0.481 e. The molecule has 24 heavy (non-hydrogen) atoms. The molecule has 1 aromatic carbocycles. The lowest BCUT2D eigenvalue weighted by molar-refractivity contribution is -0.122. The van der Waals surface area contributed by atoms with E-state index in [9.17, 15) is 9.18 Å². The van der Waals surface area contributed by atoms with Crippen molar-refractivity contribution in [3.63, 3.8) is 0 Å². The van der Waals surface area contributed by atoms with Gasteiger partial charge in [-0.05, 0) is 31.2 Å². The molecule has 8 nitrogen and oxygen atoms in total. The van der Waals surface area contributed by atoms with E-state index in [0.29, 0.717) is 17.4 Å². The number of aromatic nitrogens is 5. The second kappa shape index (κ2) is 6.82. The molecule has 9 heteroatoms. The van der Waals surface area contributed by atoms with E-state index < -0.39 is 12.0 Å². The Morgan fingerprint density at radius 2 is 2.04 bits per heavy atom. The Balaban J connectivity index is 1.66. The van der Waals surface area contributed by atoms with Crippen LogP contribution in [-0.4, -0.2) is 36.7 Å². The van der Waals surface area contributed by atoms with E-state index in [2.05, 4.69) is 25.4 Å². The third-order valence-corrected chi connectivity index (χ3v) is 3.05. The maximum Gasteiger partial charge on any atom is 0.266 e. The van der Waals surface area contributed by atoms with E-state index >= 15 is 0 Å². The van der Waals surface area contributed by atoms with Crippen LogP contribution < -0.4 is 10.1 Å².